The summed E-state index contributed by atoms with van der Waals surface area (Å²) in [5, 5.41) is 0. The van der Waals surface area contributed by atoms with Gasteiger partial charge in [-0.2, -0.15) is 0 Å². The molecular weight excluding hydrogens is 304 g/mol. The van der Waals surface area contributed by atoms with Crippen LogP contribution >= 0.6 is 22.9 Å². The third-order valence-corrected chi connectivity index (χ3v) is 7.39. The molecule has 1 aromatic rings. The molecule has 1 fully saturated rings. The number of thiazole rings is 1. The third kappa shape index (κ3) is 3.12. The maximum atomic E-state index is 12.4. The zero-order valence-corrected chi connectivity index (χ0v) is 13.7. The summed E-state index contributed by atoms with van der Waals surface area (Å²) in [4.78, 5) is 3.97. The molecule has 0 radical (unpaired) electrons. The van der Waals surface area contributed by atoms with Crippen molar-refractivity contribution in [1.82, 2.24) is 9.71 Å². The summed E-state index contributed by atoms with van der Waals surface area (Å²) in [6, 6.07) is 0.0234. The van der Waals surface area contributed by atoms with E-state index in [1.54, 1.807) is 6.92 Å². The Bertz CT molecular complexity index is 556. The molecule has 0 spiro atoms. The van der Waals surface area contributed by atoms with E-state index in [4.69, 9.17) is 11.6 Å². The average Bonchev–Trinajstić information content (AvgIpc) is 2.83. The topological polar surface area (TPSA) is 59.1 Å². The molecule has 19 heavy (non-hydrogen) atoms. The molecule has 0 amide bonds. The van der Waals surface area contributed by atoms with Gasteiger partial charge in [0, 0.05) is 6.04 Å². The molecule has 1 saturated carbocycles. The molecule has 4 nitrogen and oxygen atoms in total. The summed E-state index contributed by atoms with van der Waals surface area (Å²) < 4.78 is 28.1. The second kappa shape index (κ2) is 5.68. The highest BCUT2D eigenvalue weighted by atomic mass is 35.5. The summed E-state index contributed by atoms with van der Waals surface area (Å²) in [5.74, 6) is 0.988. The summed E-state index contributed by atoms with van der Waals surface area (Å²) in [6.07, 6.45) is 3.10. The monoisotopic (exact) mass is 322 g/mol. The molecule has 3 unspecified atom stereocenters. The van der Waals surface area contributed by atoms with Gasteiger partial charge in [0.15, 0.2) is 8.68 Å². The number of hydrogen-bond acceptors (Lipinski definition) is 4. The first kappa shape index (κ1) is 15.2. The minimum Gasteiger partial charge on any atom is -0.229 e. The van der Waals surface area contributed by atoms with Crippen LogP contribution in [0.15, 0.2) is 4.21 Å². The lowest BCUT2D eigenvalue weighted by Crippen LogP contribution is -2.37. The van der Waals surface area contributed by atoms with Crippen LogP contribution in [0.25, 0.3) is 0 Å². The van der Waals surface area contributed by atoms with E-state index in [9.17, 15) is 8.42 Å². The zero-order valence-electron chi connectivity index (χ0n) is 11.3. The van der Waals surface area contributed by atoms with Crippen molar-refractivity contribution >= 4 is 33.0 Å². The van der Waals surface area contributed by atoms with Gasteiger partial charge in [0.2, 0.25) is 0 Å². The van der Waals surface area contributed by atoms with Gasteiger partial charge in [-0.15, -0.1) is 0 Å². The molecule has 1 aliphatic carbocycles. The Hall–Kier alpha value is -0.170. The molecule has 0 aliphatic heterocycles. The van der Waals surface area contributed by atoms with Crippen LogP contribution in [0.3, 0.4) is 0 Å². The van der Waals surface area contributed by atoms with Crippen molar-refractivity contribution in [3.05, 3.63) is 10.2 Å². The Balaban J connectivity index is 2.17. The minimum atomic E-state index is -3.50. The van der Waals surface area contributed by atoms with E-state index in [1.807, 2.05) is 0 Å². The maximum absolute atomic E-state index is 12.4. The normalized spacial score (nSPS) is 27.9. The lowest BCUT2D eigenvalue weighted by Gasteiger charge is -2.20. The standard InChI is InChI=1S/C12H19ClN2O2S2/c1-4-9-5-6-10(7(9)2)15-19(16,17)11-8(3)14-12(13)18-11/h7,9-10,15H,4-6H2,1-3H3. The van der Waals surface area contributed by atoms with E-state index in [0.29, 0.717) is 17.5 Å². The van der Waals surface area contributed by atoms with Crippen molar-refractivity contribution in [3.63, 3.8) is 0 Å². The van der Waals surface area contributed by atoms with Crippen LogP contribution in [-0.2, 0) is 10.0 Å². The molecule has 0 aromatic carbocycles. The van der Waals surface area contributed by atoms with Crippen molar-refractivity contribution < 1.29 is 8.42 Å². The van der Waals surface area contributed by atoms with Crippen LogP contribution in [0.1, 0.15) is 38.8 Å². The van der Waals surface area contributed by atoms with Crippen molar-refractivity contribution in [2.75, 3.05) is 0 Å². The van der Waals surface area contributed by atoms with Crippen molar-refractivity contribution in [3.8, 4) is 0 Å². The van der Waals surface area contributed by atoms with Gasteiger partial charge in [-0.25, -0.2) is 18.1 Å². The molecule has 1 aliphatic rings. The Kier molecular flexibility index (Phi) is 4.55. The molecule has 7 heteroatoms. The number of nitrogens with zero attached hydrogens (tertiary/aromatic N) is 1. The first-order valence-electron chi connectivity index (χ1n) is 6.50. The van der Waals surface area contributed by atoms with Crippen LogP contribution < -0.4 is 4.72 Å². The zero-order chi connectivity index (χ0) is 14.2. The van der Waals surface area contributed by atoms with Crippen LogP contribution in [-0.4, -0.2) is 19.4 Å². The SMILES string of the molecule is CCC1CCC(NS(=O)(=O)c2sc(Cl)nc2C)C1C. The first-order chi connectivity index (χ1) is 8.85. The fourth-order valence-electron chi connectivity index (χ4n) is 2.84. The summed E-state index contributed by atoms with van der Waals surface area (Å²) in [6.45, 7) is 5.95. The van der Waals surface area contributed by atoms with E-state index >= 15 is 0 Å². The van der Waals surface area contributed by atoms with Gasteiger partial charge in [0.1, 0.15) is 0 Å². The van der Waals surface area contributed by atoms with E-state index in [-0.39, 0.29) is 14.7 Å². The third-order valence-electron chi connectivity index (χ3n) is 4.03. The molecule has 0 bridgehead atoms. The highest BCUT2D eigenvalue weighted by Gasteiger charge is 2.35. The summed E-state index contributed by atoms with van der Waals surface area (Å²) in [7, 11) is -3.50. The lowest BCUT2D eigenvalue weighted by atomic mass is 9.94. The van der Waals surface area contributed by atoms with Crippen LogP contribution in [0, 0.1) is 18.8 Å². The van der Waals surface area contributed by atoms with Crippen LogP contribution in [0.5, 0.6) is 0 Å². The van der Waals surface area contributed by atoms with Gasteiger partial charge in [-0.3, -0.25) is 0 Å². The number of nitrogens with one attached hydrogen (secondary N) is 1. The largest absolute Gasteiger partial charge is 0.252 e. The number of halogens is 1. The highest BCUT2D eigenvalue weighted by molar-refractivity contribution is 7.91. The summed E-state index contributed by atoms with van der Waals surface area (Å²) >= 11 is 6.79. The molecule has 108 valence electrons. The van der Waals surface area contributed by atoms with Crippen LogP contribution in [0.4, 0.5) is 0 Å². The lowest BCUT2D eigenvalue weighted by molar-refractivity contribution is 0.368. The molecule has 1 heterocycles. The fourth-order valence-corrected chi connectivity index (χ4v) is 5.96. The predicted octanol–water partition coefficient (Wildman–Crippen LogP) is 3.21. The Morgan fingerprint density at radius 3 is 2.63 bits per heavy atom. The minimum absolute atomic E-state index is 0.0234. The van der Waals surface area contributed by atoms with Gasteiger partial charge >= 0.3 is 0 Å². The number of aromatic nitrogens is 1. The maximum Gasteiger partial charge on any atom is 0.252 e. The van der Waals surface area contributed by atoms with Gasteiger partial charge < -0.3 is 0 Å². The van der Waals surface area contributed by atoms with Gasteiger partial charge in [-0.1, -0.05) is 43.2 Å². The quantitative estimate of drug-likeness (QED) is 0.926. The number of aryl methyl sites for hydroxylation is 1. The smallest absolute Gasteiger partial charge is 0.229 e. The number of hydrogen-bond donors (Lipinski definition) is 1. The number of sulfonamides is 1. The van der Waals surface area contributed by atoms with Crippen molar-refractivity contribution in [2.24, 2.45) is 11.8 Å². The first-order valence-corrected chi connectivity index (χ1v) is 9.18. The van der Waals surface area contributed by atoms with Crippen molar-refractivity contribution in [1.29, 1.82) is 0 Å². The molecule has 2 rings (SSSR count). The second-order valence-corrected chi connectivity index (χ2v) is 8.66. The Labute approximate surface area is 123 Å². The molecular formula is C12H19ClN2O2S2. The van der Waals surface area contributed by atoms with E-state index < -0.39 is 10.0 Å². The molecule has 0 saturated heterocycles. The Morgan fingerprint density at radius 2 is 2.16 bits per heavy atom. The van der Waals surface area contributed by atoms with Gasteiger partial charge in [-0.05, 0) is 31.6 Å². The van der Waals surface area contributed by atoms with E-state index in [0.717, 1.165) is 30.6 Å². The molecule has 1 N–H and O–H groups in total. The fraction of sp³-hybridized carbons (Fsp3) is 0.750. The average molecular weight is 323 g/mol. The second-order valence-electron chi connectivity index (χ2n) is 5.17. The number of rotatable bonds is 4. The van der Waals surface area contributed by atoms with E-state index in [1.165, 1.54) is 0 Å². The van der Waals surface area contributed by atoms with Crippen molar-refractivity contribution in [2.45, 2.75) is 50.3 Å². The highest BCUT2D eigenvalue weighted by Crippen LogP contribution is 2.35. The van der Waals surface area contributed by atoms with Gasteiger partial charge in [0.25, 0.3) is 10.0 Å². The van der Waals surface area contributed by atoms with Crippen LogP contribution in [0.2, 0.25) is 4.47 Å². The predicted molar refractivity (Wildman–Crippen MR) is 78.1 cm³/mol. The van der Waals surface area contributed by atoms with Gasteiger partial charge in [0.05, 0.1) is 5.69 Å². The van der Waals surface area contributed by atoms with E-state index in [2.05, 4.69) is 23.6 Å². The Morgan fingerprint density at radius 1 is 1.47 bits per heavy atom. The molecule has 1 aromatic heterocycles. The summed E-state index contributed by atoms with van der Waals surface area (Å²) in [5.41, 5.74) is 0.472. The molecule has 3 atom stereocenters.